The van der Waals surface area contributed by atoms with Crippen molar-refractivity contribution in [2.45, 2.75) is 37.4 Å². The van der Waals surface area contributed by atoms with Crippen LogP contribution in [0.4, 0.5) is 0 Å². The number of thiocarbonyl (C=S) groups is 2. The lowest BCUT2D eigenvalue weighted by Gasteiger charge is -2.36. The molecular weight excluding hydrogens is 481 g/mol. The molecule has 2 atom stereocenters. The first-order valence-electron chi connectivity index (χ1n) is 11.3. The third kappa shape index (κ3) is 4.27. The van der Waals surface area contributed by atoms with Crippen LogP contribution in [0.5, 0.6) is 0 Å². The molecule has 2 heterocycles. The van der Waals surface area contributed by atoms with E-state index in [2.05, 4.69) is 12.1 Å². The van der Waals surface area contributed by atoms with Gasteiger partial charge in [0.1, 0.15) is 4.32 Å². The lowest BCUT2D eigenvalue weighted by Crippen LogP contribution is -2.44. The maximum absolute atomic E-state index is 11.6. The number of nitrogens with zero attached hydrogens (tertiary/aromatic N) is 2. The molecule has 2 saturated heterocycles. The summed E-state index contributed by atoms with van der Waals surface area (Å²) in [7, 11) is 0. The van der Waals surface area contributed by atoms with Crippen molar-refractivity contribution in [2.75, 3.05) is 5.75 Å². The maximum Gasteiger partial charge on any atom is 0.175 e. The molecule has 2 N–H and O–H groups in total. The van der Waals surface area contributed by atoms with E-state index < -0.39 is 11.4 Å². The first-order valence-corrected chi connectivity index (χ1v) is 13.1. The minimum Gasteiger partial charge on any atom is -0.367 e. The lowest BCUT2D eigenvalue weighted by molar-refractivity contribution is -0.0678. The maximum atomic E-state index is 11.6. The number of aliphatic hydroxyl groups is 2. The second kappa shape index (κ2) is 9.40. The molecule has 0 aliphatic carbocycles. The van der Waals surface area contributed by atoms with Gasteiger partial charge in [-0.15, -0.1) is 0 Å². The van der Waals surface area contributed by atoms with Gasteiger partial charge in [0, 0.05) is 37.1 Å². The molecule has 0 radical (unpaired) electrons. The number of thioether (sulfide) groups is 1. The number of hydrogen-bond acceptors (Lipinski definition) is 5. The monoisotopic (exact) mass is 506 g/mol. The van der Waals surface area contributed by atoms with Gasteiger partial charge in [-0.25, -0.2) is 0 Å². The largest absolute Gasteiger partial charge is 0.367 e. The van der Waals surface area contributed by atoms with Crippen LogP contribution in [-0.2, 0) is 24.5 Å². The second-order valence-electron chi connectivity index (χ2n) is 8.81. The molecular formula is C27H26N2O2S3. The molecule has 7 heteroatoms. The quantitative estimate of drug-likeness (QED) is 0.449. The molecule has 2 unspecified atom stereocenters. The Morgan fingerprint density at radius 1 is 0.735 bits per heavy atom. The van der Waals surface area contributed by atoms with Gasteiger partial charge in [0.05, 0.1) is 10.7 Å². The first-order chi connectivity index (χ1) is 16.4. The van der Waals surface area contributed by atoms with Gasteiger partial charge in [0.2, 0.25) is 0 Å². The summed E-state index contributed by atoms with van der Waals surface area (Å²) in [6, 6.07) is 27.7. The zero-order valence-corrected chi connectivity index (χ0v) is 21.1. The highest BCUT2D eigenvalue weighted by atomic mass is 32.2. The molecule has 0 saturated carbocycles. The van der Waals surface area contributed by atoms with E-state index in [1.54, 1.807) is 0 Å². The third-order valence-electron chi connectivity index (χ3n) is 6.64. The molecule has 2 aliphatic rings. The van der Waals surface area contributed by atoms with E-state index in [4.69, 9.17) is 24.4 Å². The normalized spacial score (nSPS) is 24.8. The van der Waals surface area contributed by atoms with Crippen molar-refractivity contribution in [1.82, 2.24) is 9.80 Å². The highest BCUT2D eigenvalue weighted by Crippen LogP contribution is 2.41. The minimum absolute atomic E-state index is 0.498. The molecule has 2 aliphatic heterocycles. The van der Waals surface area contributed by atoms with Gasteiger partial charge in [-0.3, -0.25) is 0 Å². The van der Waals surface area contributed by atoms with Gasteiger partial charge in [-0.1, -0.05) is 121 Å². The van der Waals surface area contributed by atoms with Crippen LogP contribution in [0.15, 0.2) is 84.9 Å². The van der Waals surface area contributed by atoms with E-state index >= 15 is 0 Å². The average molecular weight is 507 g/mol. The molecule has 0 aromatic heterocycles. The zero-order valence-electron chi connectivity index (χ0n) is 18.6. The molecule has 3 aromatic rings. The van der Waals surface area contributed by atoms with Gasteiger partial charge >= 0.3 is 0 Å². The Morgan fingerprint density at radius 3 is 1.91 bits per heavy atom. The molecule has 5 rings (SSSR count). The zero-order chi connectivity index (χ0) is 23.8. The van der Waals surface area contributed by atoms with Crippen molar-refractivity contribution in [3.05, 3.63) is 107 Å². The minimum atomic E-state index is -1.14. The Labute approximate surface area is 215 Å². The molecule has 0 spiro atoms. The van der Waals surface area contributed by atoms with E-state index in [1.807, 2.05) is 82.6 Å². The Morgan fingerprint density at radius 2 is 1.29 bits per heavy atom. The van der Waals surface area contributed by atoms with Gasteiger partial charge in [-0.2, -0.15) is 0 Å². The molecule has 2 fully saturated rings. The van der Waals surface area contributed by atoms with Crippen LogP contribution < -0.4 is 0 Å². The van der Waals surface area contributed by atoms with Crippen molar-refractivity contribution in [3.8, 4) is 0 Å². The first kappa shape index (κ1) is 23.5. The summed E-state index contributed by atoms with van der Waals surface area (Å²) in [4.78, 5) is 4.61. The highest BCUT2D eigenvalue weighted by molar-refractivity contribution is 8.23. The molecule has 174 valence electrons. The number of benzene rings is 3. The fourth-order valence-corrected chi connectivity index (χ4v) is 6.51. The Hall–Kier alpha value is -2.29. The fourth-order valence-electron chi connectivity index (χ4n) is 4.78. The van der Waals surface area contributed by atoms with Crippen LogP contribution in [0, 0.1) is 0 Å². The highest BCUT2D eigenvalue weighted by Gasteiger charge is 2.44. The van der Waals surface area contributed by atoms with E-state index in [0.29, 0.717) is 36.0 Å². The van der Waals surface area contributed by atoms with Crippen molar-refractivity contribution in [1.29, 1.82) is 0 Å². The van der Waals surface area contributed by atoms with Crippen molar-refractivity contribution in [2.24, 2.45) is 0 Å². The number of rotatable bonds is 6. The van der Waals surface area contributed by atoms with Crippen LogP contribution in [0.3, 0.4) is 0 Å². The Balaban J connectivity index is 1.39. The summed E-state index contributed by atoms with van der Waals surface area (Å²) in [6.07, 6.45) is 1.27. The van der Waals surface area contributed by atoms with Crippen LogP contribution in [0.25, 0.3) is 0 Å². The van der Waals surface area contributed by atoms with Crippen molar-refractivity contribution < 1.29 is 10.2 Å². The summed E-state index contributed by atoms with van der Waals surface area (Å²) in [5.74, 6) is 0.502. The topological polar surface area (TPSA) is 46.9 Å². The van der Waals surface area contributed by atoms with Crippen molar-refractivity contribution in [3.63, 3.8) is 0 Å². The van der Waals surface area contributed by atoms with Gasteiger partial charge in [-0.05, 0) is 11.1 Å². The Kier molecular flexibility index (Phi) is 6.48. The van der Waals surface area contributed by atoms with Crippen LogP contribution in [0.1, 0.15) is 35.1 Å². The SMILES string of the molecule is OC1(c2ccccc2)CCC(=S)N1Cc1cccc(CN2C(=S)SCC2(O)c2ccccc2)c1. The van der Waals surface area contributed by atoms with E-state index in [1.165, 1.54) is 11.8 Å². The van der Waals surface area contributed by atoms with E-state index in [0.717, 1.165) is 27.2 Å². The molecule has 0 bridgehead atoms. The van der Waals surface area contributed by atoms with E-state index in [-0.39, 0.29) is 0 Å². The van der Waals surface area contributed by atoms with Gasteiger partial charge in [0.15, 0.2) is 11.4 Å². The summed E-state index contributed by atoms with van der Waals surface area (Å²) >= 11 is 12.8. The van der Waals surface area contributed by atoms with E-state index in [9.17, 15) is 10.2 Å². The summed E-state index contributed by atoms with van der Waals surface area (Å²) < 4.78 is 0.691. The average Bonchev–Trinajstić information content (AvgIpc) is 3.32. The van der Waals surface area contributed by atoms with Gasteiger partial charge in [0.25, 0.3) is 0 Å². The fraction of sp³-hybridized carbons (Fsp3) is 0.259. The predicted molar refractivity (Wildman–Crippen MR) is 145 cm³/mol. The molecule has 34 heavy (non-hydrogen) atoms. The standard InChI is InChI=1S/C27H26N2O2S3/c30-26(22-10-3-1-4-11-22)15-14-24(32)28(26)17-20-8-7-9-21(16-20)18-29-25(33)34-19-27(29,31)23-12-5-2-6-13-23/h1-13,16,30-31H,14-15,17-19H2. The van der Waals surface area contributed by atoms with Crippen LogP contribution in [0.2, 0.25) is 0 Å². The summed E-state index contributed by atoms with van der Waals surface area (Å²) in [5, 5.41) is 23.1. The number of likely N-dealkylation sites (tertiary alicyclic amines) is 1. The summed E-state index contributed by atoms with van der Waals surface area (Å²) in [6.45, 7) is 1.01. The van der Waals surface area contributed by atoms with Crippen LogP contribution >= 0.6 is 36.2 Å². The lowest BCUT2D eigenvalue weighted by atomic mass is 9.99. The van der Waals surface area contributed by atoms with Crippen molar-refractivity contribution >= 4 is 45.5 Å². The smallest absolute Gasteiger partial charge is 0.175 e. The molecule has 3 aromatic carbocycles. The predicted octanol–water partition coefficient (Wildman–Crippen LogP) is 5.13. The van der Waals surface area contributed by atoms with Crippen LogP contribution in [-0.4, -0.2) is 35.1 Å². The second-order valence-corrected chi connectivity index (χ2v) is 10.9. The third-order valence-corrected chi connectivity index (χ3v) is 8.66. The molecule has 4 nitrogen and oxygen atoms in total. The Bertz CT molecular complexity index is 1120. The summed E-state index contributed by atoms with van der Waals surface area (Å²) in [5.41, 5.74) is 1.56. The number of hydrogen-bond donors (Lipinski definition) is 2. The van der Waals surface area contributed by atoms with Gasteiger partial charge < -0.3 is 20.0 Å². The molecule has 0 amide bonds.